The van der Waals surface area contributed by atoms with Crippen LogP contribution in [0.4, 0.5) is 5.69 Å². The summed E-state index contributed by atoms with van der Waals surface area (Å²) in [7, 11) is 3.08. The molecule has 1 amide bonds. The van der Waals surface area contributed by atoms with E-state index in [-0.39, 0.29) is 18.4 Å². The number of hydrogen-bond acceptors (Lipinski definition) is 5. The predicted octanol–water partition coefficient (Wildman–Crippen LogP) is 1.14. The molecule has 1 heterocycles. The largest absolute Gasteiger partial charge is 0.493 e. The molecule has 1 unspecified atom stereocenters. The number of nitrogens with zero attached hydrogens (tertiary/aromatic N) is 2. The van der Waals surface area contributed by atoms with Crippen LogP contribution in [-0.2, 0) is 9.59 Å². The zero-order valence-corrected chi connectivity index (χ0v) is 10.8. The molecular weight excluding hydrogens is 248 g/mol. The van der Waals surface area contributed by atoms with E-state index in [1.165, 1.54) is 13.2 Å². The maximum Gasteiger partial charge on any atom is 0.235 e. The lowest BCUT2D eigenvalue weighted by Crippen LogP contribution is -2.24. The number of methoxy groups -OCH3 is 2. The van der Waals surface area contributed by atoms with Crippen molar-refractivity contribution in [3.63, 3.8) is 0 Å². The van der Waals surface area contributed by atoms with Gasteiger partial charge in [0.05, 0.1) is 26.7 Å². The van der Waals surface area contributed by atoms with E-state index in [1.807, 2.05) is 0 Å². The molecule has 100 valence electrons. The van der Waals surface area contributed by atoms with Crippen LogP contribution >= 0.6 is 0 Å². The lowest BCUT2D eigenvalue weighted by atomic mass is 10.2. The number of carbonyl (C=O) groups excluding carboxylic acids is 2. The van der Waals surface area contributed by atoms with Gasteiger partial charge in [-0.25, -0.2) is 9.79 Å². The summed E-state index contributed by atoms with van der Waals surface area (Å²) < 4.78 is 10.3. The van der Waals surface area contributed by atoms with Gasteiger partial charge in [0.1, 0.15) is 0 Å². The Morgan fingerprint density at radius 2 is 2.05 bits per heavy atom. The molecule has 6 nitrogen and oxygen atoms in total. The van der Waals surface area contributed by atoms with Gasteiger partial charge in [-0.05, 0) is 12.1 Å². The highest BCUT2D eigenvalue weighted by atomic mass is 16.5. The van der Waals surface area contributed by atoms with E-state index in [2.05, 4.69) is 4.99 Å². The van der Waals surface area contributed by atoms with Crippen molar-refractivity contribution in [1.29, 1.82) is 0 Å². The Bertz CT molecular complexity index is 537. The smallest absolute Gasteiger partial charge is 0.235 e. The Morgan fingerprint density at radius 1 is 1.32 bits per heavy atom. The van der Waals surface area contributed by atoms with Gasteiger partial charge in [-0.3, -0.25) is 4.79 Å². The van der Waals surface area contributed by atoms with Crippen molar-refractivity contribution in [1.82, 2.24) is 0 Å². The molecule has 1 saturated heterocycles. The number of benzene rings is 1. The molecule has 1 aliphatic heterocycles. The van der Waals surface area contributed by atoms with Crippen molar-refractivity contribution < 1.29 is 19.1 Å². The van der Waals surface area contributed by atoms with Crippen LogP contribution in [0.5, 0.6) is 11.5 Å². The molecule has 0 bridgehead atoms. The van der Waals surface area contributed by atoms with Gasteiger partial charge in [-0.2, -0.15) is 0 Å². The first-order valence-electron chi connectivity index (χ1n) is 5.79. The van der Waals surface area contributed by atoms with Crippen molar-refractivity contribution >= 4 is 17.7 Å². The highest BCUT2D eigenvalue weighted by Crippen LogP contribution is 2.33. The van der Waals surface area contributed by atoms with Gasteiger partial charge in [0.15, 0.2) is 11.5 Å². The number of hydrogen-bond donors (Lipinski definition) is 0. The van der Waals surface area contributed by atoms with E-state index >= 15 is 0 Å². The second-order valence-electron chi connectivity index (χ2n) is 4.12. The fourth-order valence-electron chi connectivity index (χ4n) is 2.09. The third-order valence-corrected chi connectivity index (χ3v) is 3.02. The lowest BCUT2D eigenvalue weighted by Gasteiger charge is -2.17. The summed E-state index contributed by atoms with van der Waals surface area (Å²) in [6.45, 7) is 0.379. The van der Waals surface area contributed by atoms with Gasteiger partial charge < -0.3 is 14.4 Å². The molecule has 1 atom stereocenters. The summed E-state index contributed by atoms with van der Waals surface area (Å²) in [6, 6.07) is 4.91. The predicted molar refractivity (Wildman–Crippen MR) is 68.4 cm³/mol. The van der Waals surface area contributed by atoms with Gasteiger partial charge in [0.25, 0.3) is 0 Å². The quantitative estimate of drug-likeness (QED) is 0.603. The Kier molecular flexibility index (Phi) is 3.82. The molecule has 19 heavy (non-hydrogen) atoms. The van der Waals surface area contributed by atoms with Gasteiger partial charge in [0, 0.05) is 18.3 Å². The molecule has 2 rings (SSSR count). The summed E-state index contributed by atoms with van der Waals surface area (Å²) in [4.78, 5) is 27.3. The molecule has 0 spiro atoms. The minimum Gasteiger partial charge on any atom is -0.493 e. The molecule has 6 heteroatoms. The number of anilines is 1. The molecular formula is C13H14N2O4. The van der Waals surface area contributed by atoms with Crippen LogP contribution in [0, 0.1) is 0 Å². The third-order valence-electron chi connectivity index (χ3n) is 3.02. The summed E-state index contributed by atoms with van der Waals surface area (Å²) >= 11 is 0. The Morgan fingerprint density at radius 3 is 2.68 bits per heavy atom. The number of amides is 1. The summed E-state index contributed by atoms with van der Waals surface area (Å²) in [6.07, 6.45) is 1.72. The first kappa shape index (κ1) is 13.1. The number of isocyanates is 1. The molecule has 1 fully saturated rings. The fraction of sp³-hybridized carbons (Fsp3) is 0.385. The van der Waals surface area contributed by atoms with Gasteiger partial charge >= 0.3 is 0 Å². The van der Waals surface area contributed by atoms with Crippen molar-refractivity contribution in [3.8, 4) is 11.5 Å². The van der Waals surface area contributed by atoms with E-state index in [9.17, 15) is 9.59 Å². The van der Waals surface area contributed by atoms with E-state index in [4.69, 9.17) is 9.47 Å². The number of ether oxygens (including phenoxy) is 2. The zero-order chi connectivity index (χ0) is 13.8. The molecule has 0 aliphatic carbocycles. The molecule has 1 aromatic rings. The molecule has 0 saturated carbocycles. The average molecular weight is 262 g/mol. The van der Waals surface area contributed by atoms with E-state index in [0.717, 1.165) is 0 Å². The number of rotatable bonds is 4. The van der Waals surface area contributed by atoms with Crippen LogP contribution in [0.15, 0.2) is 23.2 Å². The minimum absolute atomic E-state index is 0.0729. The van der Waals surface area contributed by atoms with Crippen LogP contribution in [0.2, 0.25) is 0 Å². The summed E-state index contributed by atoms with van der Waals surface area (Å²) in [5.74, 6) is 1.08. The minimum atomic E-state index is -0.321. The van der Waals surface area contributed by atoms with Crippen LogP contribution in [0.25, 0.3) is 0 Å². The van der Waals surface area contributed by atoms with Crippen molar-refractivity contribution in [2.24, 2.45) is 4.99 Å². The standard InChI is InChI=1S/C13H14N2O4/c1-18-11-4-3-10(6-12(11)19-2)15-7-9(14-8-16)5-13(15)17/h3-4,6,9H,5,7H2,1-2H3. The van der Waals surface area contributed by atoms with Crippen LogP contribution in [0.1, 0.15) is 6.42 Å². The van der Waals surface area contributed by atoms with Crippen molar-refractivity contribution in [3.05, 3.63) is 18.2 Å². The van der Waals surface area contributed by atoms with Gasteiger partial charge in [-0.15, -0.1) is 0 Å². The number of aliphatic imine (C=N–C) groups is 1. The second kappa shape index (κ2) is 5.54. The maximum atomic E-state index is 11.9. The number of carbonyl (C=O) groups is 1. The second-order valence-corrected chi connectivity index (χ2v) is 4.12. The van der Waals surface area contributed by atoms with E-state index in [1.54, 1.807) is 30.2 Å². The van der Waals surface area contributed by atoms with E-state index in [0.29, 0.717) is 23.7 Å². The molecule has 1 aromatic carbocycles. The Hall–Kier alpha value is -2.33. The first-order chi connectivity index (χ1) is 9.19. The maximum absolute atomic E-state index is 11.9. The fourth-order valence-corrected chi connectivity index (χ4v) is 2.09. The molecule has 0 N–H and O–H groups in total. The first-order valence-corrected chi connectivity index (χ1v) is 5.79. The zero-order valence-electron chi connectivity index (χ0n) is 10.8. The third kappa shape index (κ3) is 2.58. The summed E-state index contributed by atoms with van der Waals surface area (Å²) in [5, 5.41) is 0. The normalized spacial score (nSPS) is 18.1. The molecule has 0 aromatic heterocycles. The van der Waals surface area contributed by atoms with E-state index < -0.39 is 0 Å². The van der Waals surface area contributed by atoms with Crippen LogP contribution in [0.3, 0.4) is 0 Å². The van der Waals surface area contributed by atoms with Gasteiger partial charge in [-0.1, -0.05) is 0 Å². The van der Waals surface area contributed by atoms with Gasteiger partial charge in [0.2, 0.25) is 12.0 Å². The lowest BCUT2D eigenvalue weighted by molar-refractivity contribution is -0.117. The molecule has 1 aliphatic rings. The Labute approximate surface area is 110 Å². The molecule has 0 radical (unpaired) electrons. The average Bonchev–Trinajstić information content (AvgIpc) is 2.79. The van der Waals surface area contributed by atoms with Crippen molar-refractivity contribution in [2.75, 3.05) is 25.7 Å². The summed E-state index contributed by atoms with van der Waals surface area (Å²) in [5.41, 5.74) is 0.700. The van der Waals surface area contributed by atoms with Crippen LogP contribution in [-0.4, -0.2) is 38.8 Å². The highest BCUT2D eigenvalue weighted by molar-refractivity contribution is 5.96. The topological polar surface area (TPSA) is 68.2 Å². The SMILES string of the molecule is COc1ccc(N2CC(N=C=O)CC2=O)cc1OC. The highest BCUT2D eigenvalue weighted by Gasteiger charge is 2.30. The van der Waals surface area contributed by atoms with Crippen LogP contribution < -0.4 is 14.4 Å². The van der Waals surface area contributed by atoms with Crippen molar-refractivity contribution in [2.45, 2.75) is 12.5 Å². The Balaban J connectivity index is 2.27. The monoisotopic (exact) mass is 262 g/mol.